The molecule has 0 heterocycles. The molecule has 3 aromatic carbocycles. The fourth-order valence-corrected chi connectivity index (χ4v) is 3.67. The summed E-state index contributed by atoms with van der Waals surface area (Å²) in [6.45, 7) is 11.7. The third kappa shape index (κ3) is 10.1. The van der Waals surface area contributed by atoms with Crippen LogP contribution in [0.2, 0.25) is 0 Å². The Hall–Kier alpha value is -1.21. The van der Waals surface area contributed by atoms with Crippen LogP contribution in [0.1, 0.15) is 38.8 Å². The van der Waals surface area contributed by atoms with Gasteiger partial charge in [0.05, 0.1) is 11.1 Å². The number of hydrogen-bond acceptors (Lipinski definition) is 0. The zero-order valence-electron chi connectivity index (χ0n) is 21.9. The van der Waals surface area contributed by atoms with Gasteiger partial charge < -0.3 is 14.9 Å². The molecular formula is C28H30Cl2F6SiZr-4. The molecule has 1 aliphatic rings. The Kier molecular flexibility index (Phi) is 18.2. The molecule has 0 spiro atoms. The minimum absolute atomic E-state index is 0. The molecule has 210 valence electrons. The van der Waals surface area contributed by atoms with Crippen molar-refractivity contribution in [2.45, 2.75) is 40.0 Å². The number of fused-ring (bicyclic) bond motifs is 1. The summed E-state index contributed by atoms with van der Waals surface area (Å²) in [5.74, 6) is 0.560. The van der Waals surface area contributed by atoms with Gasteiger partial charge in [0, 0.05) is 0 Å². The van der Waals surface area contributed by atoms with E-state index in [0.29, 0.717) is 16.9 Å². The first kappa shape index (κ1) is 41.3. The molecule has 0 nitrogen and oxygen atoms in total. The average Bonchev–Trinajstić information content (AvgIpc) is 3.31. The Morgan fingerprint density at radius 3 is 1.68 bits per heavy atom. The molecule has 1 unspecified atom stereocenters. The first-order valence-corrected chi connectivity index (χ1v) is 14.4. The molecule has 1 atom stereocenters. The van der Waals surface area contributed by atoms with Gasteiger partial charge in [0.2, 0.25) is 0 Å². The summed E-state index contributed by atoms with van der Waals surface area (Å²) < 4.78 is 77.5. The van der Waals surface area contributed by atoms with E-state index in [-0.39, 0.29) is 51.3 Å². The third-order valence-corrected chi connectivity index (χ3v) is 5.82. The van der Waals surface area contributed by atoms with Gasteiger partial charge in [0.25, 0.3) is 0 Å². The molecule has 0 bridgehead atoms. The summed E-state index contributed by atoms with van der Waals surface area (Å²) in [4.78, 5) is 0. The van der Waals surface area contributed by atoms with E-state index in [1.165, 1.54) is 46.1 Å². The van der Waals surface area contributed by atoms with Crippen LogP contribution in [0.25, 0.3) is 21.9 Å². The van der Waals surface area contributed by atoms with Crippen LogP contribution in [0.3, 0.4) is 0 Å². The summed E-state index contributed by atoms with van der Waals surface area (Å²) in [6, 6.07) is 11.7. The first-order valence-electron chi connectivity index (χ1n) is 10.3. The van der Waals surface area contributed by atoms with E-state index in [9.17, 15) is 26.3 Å². The van der Waals surface area contributed by atoms with Crippen LogP contribution in [0, 0.1) is 26.8 Å². The van der Waals surface area contributed by atoms with E-state index in [2.05, 4.69) is 40.7 Å². The molecular weight excluding hydrogens is 641 g/mol. The molecule has 0 aliphatic heterocycles. The molecule has 0 aromatic heterocycles. The monoisotopic (exact) mass is 668 g/mol. The molecule has 38 heavy (non-hydrogen) atoms. The van der Waals surface area contributed by atoms with Gasteiger partial charge in [0.15, 0.2) is 0 Å². The van der Waals surface area contributed by atoms with Crippen molar-refractivity contribution in [3.05, 3.63) is 103 Å². The Balaban J connectivity index is -0.000000702. The normalized spacial score (nSPS) is 14.2. The van der Waals surface area contributed by atoms with Crippen molar-refractivity contribution in [2.24, 2.45) is 5.92 Å². The quantitative estimate of drug-likeness (QED) is 0.137. The van der Waals surface area contributed by atoms with Crippen molar-refractivity contribution in [1.29, 1.82) is 0 Å². The van der Waals surface area contributed by atoms with Crippen LogP contribution in [-0.2, 0) is 35.7 Å². The van der Waals surface area contributed by atoms with E-state index < -0.39 is 23.5 Å². The SMILES string of the molecule is CC1=[C-]C(C)C(C)=C1C.Cl.Cl.FC(F)(F)c1cc(-c2c[cH-]c3ccccc23)cc(C(F)(F)F)c1.[CH3-].[CH3-].[Si]=[Zr]. The molecule has 1 aliphatic carbocycles. The predicted octanol–water partition coefficient (Wildman–Crippen LogP) is 10.3. The second-order valence-corrected chi connectivity index (χ2v) is 7.93. The fraction of sp³-hybridized carbons (Fsp3) is 0.250. The maximum atomic E-state index is 12.9. The van der Waals surface area contributed by atoms with E-state index >= 15 is 0 Å². The third-order valence-electron chi connectivity index (χ3n) is 5.82. The molecule has 0 N–H and O–H groups in total. The molecule has 4 rings (SSSR count). The van der Waals surface area contributed by atoms with Crippen LogP contribution in [-0.4, -0.2) is 6.88 Å². The van der Waals surface area contributed by atoms with Gasteiger partial charge in [-0.1, -0.05) is 50.5 Å². The van der Waals surface area contributed by atoms with Gasteiger partial charge in [-0.25, -0.2) is 5.57 Å². The zero-order valence-corrected chi connectivity index (χ0v) is 26.9. The minimum atomic E-state index is -4.85. The Morgan fingerprint density at radius 2 is 1.32 bits per heavy atom. The number of halogens is 8. The molecule has 2 radical (unpaired) electrons. The van der Waals surface area contributed by atoms with Crippen LogP contribution in [0.4, 0.5) is 26.3 Å². The van der Waals surface area contributed by atoms with Crippen molar-refractivity contribution in [3.63, 3.8) is 0 Å². The second-order valence-electron chi connectivity index (χ2n) is 7.93. The molecule has 0 saturated heterocycles. The molecule has 0 fully saturated rings. The van der Waals surface area contributed by atoms with E-state index in [1.54, 1.807) is 30.3 Å². The number of hydrogen-bond donors (Lipinski definition) is 0. The van der Waals surface area contributed by atoms with E-state index in [1.807, 2.05) is 0 Å². The number of allylic oxidation sites excluding steroid dienone is 4. The second kappa shape index (κ2) is 16.8. The summed E-state index contributed by atoms with van der Waals surface area (Å²) in [7, 11) is 0. The summed E-state index contributed by atoms with van der Waals surface area (Å²) in [6.07, 6.45) is -6.34. The maximum absolute atomic E-state index is 12.9. The van der Waals surface area contributed by atoms with Crippen LogP contribution >= 0.6 is 24.8 Å². The van der Waals surface area contributed by atoms with Crippen LogP contribution < -0.4 is 0 Å². The summed E-state index contributed by atoms with van der Waals surface area (Å²) in [5, 5.41) is 1.37. The predicted molar refractivity (Wildman–Crippen MR) is 148 cm³/mol. The average molecular weight is 671 g/mol. The van der Waals surface area contributed by atoms with Crippen molar-refractivity contribution in [2.75, 3.05) is 0 Å². The van der Waals surface area contributed by atoms with Crippen molar-refractivity contribution < 1.29 is 49.7 Å². The van der Waals surface area contributed by atoms with Crippen molar-refractivity contribution >= 4 is 42.5 Å². The Bertz CT molecular complexity index is 1190. The van der Waals surface area contributed by atoms with E-state index in [4.69, 9.17) is 0 Å². The molecule has 0 amide bonds. The molecule has 3 aromatic rings. The van der Waals surface area contributed by atoms with Gasteiger partial charge in [-0.2, -0.15) is 37.5 Å². The standard InChI is InChI=1S/C17H9F6.C9H13.2CH3.2ClH.Si.Zr/c18-16(19,20)12-7-11(8-13(9-12)17(21,22)23)15-6-5-10-3-1-2-4-14(10)15;1-6-5-7(2)9(4)8(6)3;;;;;;/h1-9H;6H,1-4H3;2*1H3;2*1H;;/q4*-1;;;;. The van der Waals surface area contributed by atoms with Gasteiger partial charge in [-0.15, -0.1) is 78.4 Å². The first-order chi connectivity index (χ1) is 15.8. The van der Waals surface area contributed by atoms with Crippen LogP contribution in [0.15, 0.2) is 71.3 Å². The van der Waals surface area contributed by atoms with Crippen molar-refractivity contribution in [1.82, 2.24) is 0 Å². The topological polar surface area (TPSA) is 0 Å². The number of benzene rings is 2. The summed E-state index contributed by atoms with van der Waals surface area (Å²) >= 11 is 1.36. The Labute approximate surface area is 251 Å². The van der Waals surface area contributed by atoms with Crippen molar-refractivity contribution in [3.8, 4) is 11.1 Å². The fourth-order valence-electron chi connectivity index (χ4n) is 3.67. The van der Waals surface area contributed by atoms with Gasteiger partial charge in [-0.3, -0.25) is 6.08 Å². The molecule has 0 saturated carbocycles. The Morgan fingerprint density at radius 1 is 0.842 bits per heavy atom. The van der Waals surface area contributed by atoms with E-state index in [0.717, 1.165) is 17.5 Å². The zero-order chi connectivity index (χ0) is 25.8. The number of alkyl halides is 6. The van der Waals surface area contributed by atoms with Gasteiger partial charge in [0.1, 0.15) is 0 Å². The summed E-state index contributed by atoms with van der Waals surface area (Å²) in [5.41, 5.74) is 1.86. The van der Waals surface area contributed by atoms with Gasteiger partial charge >= 0.3 is 42.6 Å². The molecule has 10 heteroatoms. The number of rotatable bonds is 1. The van der Waals surface area contributed by atoms with Crippen LogP contribution in [0.5, 0.6) is 0 Å². The van der Waals surface area contributed by atoms with Gasteiger partial charge in [-0.05, 0) is 6.07 Å².